The van der Waals surface area contributed by atoms with Crippen molar-refractivity contribution in [2.24, 2.45) is 0 Å². The molecule has 2 unspecified atom stereocenters. The Morgan fingerprint density at radius 2 is 1.90 bits per heavy atom. The molecule has 2 saturated heterocycles. The zero-order valence-corrected chi connectivity index (χ0v) is 18.9. The topological polar surface area (TPSA) is 72.5 Å². The van der Waals surface area contributed by atoms with Crippen molar-refractivity contribution in [1.29, 1.82) is 0 Å². The molecule has 0 saturated carbocycles. The number of nitrogens with zero attached hydrogens (tertiary/aromatic N) is 3. The van der Waals surface area contributed by atoms with E-state index < -0.39 is 0 Å². The maximum absolute atomic E-state index is 12.6. The van der Waals surface area contributed by atoms with Gasteiger partial charge in [0.2, 0.25) is 5.91 Å². The Balaban J connectivity index is 1.24. The number of hydrogen-bond acceptors (Lipinski definition) is 6. The van der Waals surface area contributed by atoms with Crippen LogP contribution in [0.5, 0.6) is 0 Å². The summed E-state index contributed by atoms with van der Waals surface area (Å²) >= 11 is 3.45. The molecular formula is C22H29BrN6O. The minimum absolute atomic E-state index is 0.00174. The van der Waals surface area contributed by atoms with Gasteiger partial charge in [-0.3, -0.25) is 4.79 Å². The minimum Gasteiger partial charge on any atom is -0.354 e. The summed E-state index contributed by atoms with van der Waals surface area (Å²) in [6, 6.07) is 12.2. The van der Waals surface area contributed by atoms with Crippen molar-refractivity contribution in [3.05, 3.63) is 58.2 Å². The average molecular weight is 473 g/mol. The van der Waals surface area contributed by atoms with E-state index in [-0.39, 0.29) is 18.0 Å². The molecule has 1 amide bonds. The van der Waals surface area contributed by atoms with Crippen molar-refractivity contribution in [3.8, 4) is 0 Å². The molecule has 4 rings (SSSR count). The summed E-state index contributed by atoms with van der Waals surface area (Å²) in [5.74, 6) is 1.02. The molecule has 3 heterocycles. The van der Waals surface area contributed by atoms with E-state index in [0.717, 1.165) is 48.6 Å². The smallest absolute Gasteiger partial charge is 0.238 e. The van der Waals surface area contributed by atoms with Crippen molar-refractivity contribution in [3.63, 3.8) is 0 Å². The Kier molecular flexibility index (Phi) is 6.99. The molecule has 8 heteroatoms. The predicted molar refractivity (Wildman–Crippen MR) is 122 cm³/mol. The molecule has 160 valence electrons. The van der Waals surface area contributed by atoms with Crippen LogP contribution in [-0.4, -0.2) is 54.6 Å². The number of amides is 1. The van der Waals surface area contributed by atoms with Crippen molar-refractivity contribution in [2.45, 2.75) is 32.0 Å². The van der Waals surface area contributed by atoms with Crippen molar-refractivity contribution >= 4 is 27.7 Å². The number of carbonyl (C=O) groups is 1. The molecule has 2 aromatic rings. The van der Waals surface area contributed by atoms with Gasteiger partial charge in [-0.15, -0.1) is 0 Å². The number of aromatic nitrogens is 1. The first-order chi connectivity index (χ1) is 14.6. The van der Waals surface area contributed by atoms with E-state index >= 15 is 0 Å². The molecular weight excluding hydrogens is 444 g/mol. The van der Waals surface area contributed by atoms with Crippen molar-refractivity contribution in [1.82, 2.24) is 26.1 Å². The second-order valence-corrected chi connectivity index (χ2v) is 8.76. The van der Waals surface area contributed by atoms with Crippen LogP contribution in [0.2, 0.25) is 0 Å². The number of anilines is 1. The SMILES string of the molecule is CCN1CCN(c2ccc(CNC(=O)C3CC(c4ccc(Br)cc4)NN3)cn2)CC1. The molecule has 2 fully saturated rings. The summed E-state index contributed by atoms with van der Waals surface area (Å²) in [7, 11) is 0. The predicted octanol–water partition coefficient (Wildman–Crippen LogP) is 2.21. The van der Waals surface area contributed by atoms with Gasteiger partial charge in [0, 0.05) is 49.4 Å². The molecule has 2 aliphatic rings. The Morgan fingerprint density at radius 3 is 2.57 bits per heavy atom. The number of pyridine rings is 1. The zero-order chi connectivity index (χ0) is 20.9. The number of nitrogens with one attached hydrogen (secondary N) is 3. The highest BCUT2D eigenvalue weighted by Crippen LogP contribution is 2.24. The number of hydrogen-bond donors (Lipinski definition) is 3. The fourth-order valence-electron chi connectivity index (χ4n) is 3.96. The Labute approximate surface area is 186 Å². The maximum atomic E-state index is 12.6. The highest BCUT2D eigenvalue weighted by atomic mass is 79.9. The van der Waals surface area contributed by atoms with Gasteiger partial charge < -0.3 is 15.1 Å². The lowest BCUT2D eigenvalue weighted by atomic mass is 10.0. The molecule has 2 aliphatic heterocycles. The lowest BCUT2D eigenvalue weighted by molar-refractivity contribution is -0.123. The number of rotatable bonds is 6. The van der Waals surface area contributed by atoms with Gasteiger partial charge in [0.15, 0.2) is 0 Å². The minimum atomic E-state index is -0.249. The second-order valence-electron chi connectivity index (χ2n) is 7.84. The first kappa shape index (κ1) is 21.2. The Bertz CT molecular complexity index is 836. The van der Waals surface area contributed by atoms with Crippen LogP contribution >= 0.6 is 15.9 Å². The van der Waals surface area contributed by atoms with Gasteiger partial charge in [0.1, 0.15) is 11.9 Å². The molecule has 0 spiro atoms. The molecule has 3 N–H and O–H groups in total. The normalized spacial score (nSPS) is 22.3. The number of likely N-dealkylation sites (N-methyl/N-ethyl adjacent to an activating group) is 1. The zero-order valence-electron chi connectivity index (χ0n) is 17.3. The van der Waals surface area contributed by atoms with Crippen LogP contribution in [0.1, 0.15) is 30.5 Å². The van der Waals surface area contributed by atoms with Gasteiger partial charge in [0.25, 0.3) is 0 Å². The Morgan fingerprint density at radius 1 is 1.13 bits per heavy atom. The van der Waals surface area contributed by atoms with Gasteiger partial charge in [-0.2, -0.15) is 0 Å². The third-order valence-corrected chi connectivity index (χ3v) is 6.44. The van der Waals surface area contributed by atoms with Gasteiger partial charge in [0.05, 0.1) is 0 Å². The fourth-order valence-corrected chi connectivity index (χ4v) is 4.22. The van der Waals surface area contributed by atoms with E-state index in [2.05, 4.69) is 78.1 Å². The van der Waals surface area contributed by atoms with Crippen LogP contribution in [0, 0.1) is 0 Å². The van der Waals surface area contributed by atoms with Crippen molar-refractivity contribution in [2.75, 3.05) is 37.6 Å². The van der Waals surface area contributed by atoms with Crippen LogP contribution in [0.4, 0.5) is 5.82 Å². The largest absolute Gasteiger partial charge is 0.354 e. The quantitative estimate of drug-likeness (QED) is 0.598. The van der Waals surface area contributed by atoms with E-state index in [9.17, 15) is 4.79 Å². The van der Waals surface area contributed by atoms with E-state index in [0.29, 0.717) is 13.0 Å². The summed E-state index contributed by atoms with van der Waals surface area (Å²) in [6.45, 7) is 7.98. The van der Waals surface area contributed by atoms with Gasteiger partial charge in [-0.1, -0.05) is 41.1 Å². The molecule has 30 heavy (non-hydrogen) atoms. The molecule has 0 bridgehead atoms. The third kappa shape index (κ3) is 5.18. The van der Waals surface area contributed by atoms with Crippen LogP contribution < -0.4 is 21.1 Å². The first-order valence-electron chi connectivity index (χ1n) is 10.6. The summed E-state index contributed by atoms with van der Waals surface area (Å²) in [5, 5.41) is 3.03. The Hall–Kier alpha value is -2.00. The molecule has 7 nitrogen and oxygen atoms in total. The summed E-state index contributed by atoms with van der Waals surface area (Å²) in [5.41, 5.74) is 8.52. The summed E-state index contributed by atoms with van der Waals surface area (Å²) < 4.78 is 1.05. The molecule has 0 radical (unpaired) electrons. The lowest BCUT2D eigenvalue weighted by Crippen LogP contribution is -2.46. The van der Waals surface area contributed by atoms with E-state index in [1.165, 1.54) is 5.56 Å². The monoisotopic (exact) mass is 472 g/mol. The van der Waals surface area contributed by atoms with Gasteiger partial charge in [-0.05, 0) is 42.3 Å². The maximum Gasteiger partial charge on any atom is 0.238 e. The lowest BCUT2D eigenvalue weighted by Gasteiger charge is -2.34. The van der Waals surface area contributed by atoms with E-state index in [4.69, 9.17) is 0 Å². The van der Waals surface area contributed by atoms with E-state index in [1.54, 1.807) is 0 Å². The number of benzene rings is 1. The van der Waals surface area contributed by atoms with Gasteiger partial charge >= 0.3 is 0 Å². The third-order valence-electron chi connectivity index (χ3n) is 5.91. The highest BCUT2D eigenvalue weighted by Gasteiger charge is 2.29. The summed E-state index contributed by atoms with van der Waals surface area (Å²) in [6.07, 6.45) is 2.58. The molecule has 2 atom stereocenters. The fraction of sp³-hybridized carbons (Fsp3) is 0.455. The van der Waals surface area contributed by atoms with E-state index in [1.807, 2.05) is 18.3 Å². The first-order valence-corrected chi connectivity index (χ1v) is 11.4. The van der Waals surface area contributed by atoms with Crippen LogP contribution in [0.25, 0.3) is 0 Å². The molecule has 0 aliphatic carbocycles. The number of piperazine rings is 1. The molecule has 1 aromatic heterocycles. The number of hydrazine groups is 1. The van der Waals surface area contributed by atoms with Crippen molar-refractivity contribution < 1.29 is 4.79 Å². The van der Waals surface area contributed by atoms with Gasteiger partial charge in [-0.25, -0.2) is 15.8 Å². The standard InChI is InChI=1S/C22H29BrN6O/c1-2-28-9-11-29(12-10-28)21-8-3-16(14-24-21)15-25-22(30)20-13-19(26-27-20)17-4-6-18(23)7-5-17/h3-8,14,19-20,26-27H,2,9-13,15H2,1H3,(H,25,30). The number of carbonyl (C=O) groups excluding carboxylic acids is 1. The number of halogens is 1. The second kappa shape index (κ2) is 9.87. The van der Waals surface area contributed by atoms with Crippen LogP contribution in [0.15, 0.2) is 47.1 Å². The highest BCUT2D eigenvalue weighted by molar-refractivity contribution is 9.10. The molecule has 1 aromatic carbocycles. The van der Waals surface area contributed by atoms with Crippen LogP contribution in [-0.2, 0) is 11.3 Å². The van der Waals surface area contributed by atoms with Crippen LogP contribution in [0.3, 0.4) is 0 Å². The average Bonchev–Trinajstić information content (AvgIpc) is 3.29. The summed E-state index contributed by atoms with van der Waals surface area (Å²) in [4.78, 5) is 22.0.